The molecule has 0 unspecified atom stereocenters. The van der Waals surface area contributed by atoms with Crippen molar-refractivity contribution in [1.82, 2.24) is 10.6 Å². The molecule has 0 aromatic heterocycles. The number of carbonyl (C=O) groups excluding carboxylic acids is 1. The number of benzene rings is 2. The first-order valence-electron chi connectivity index (χ1n) is 12.7. The number of hydrogen-bond donors (Lipinski definition) is 3. The maximum atomic E-state index is 11.9. The highest BCUT2D eigenvalue weighted by Gasteiger charge is 2.65. The molecule has 2 aliphatic heterocycles. The van der Waals surface area contributed by atoms with Crippen LogP contribution in [0.15, 0.2) is 48.5 Å². The molecule has 2 heterocycles. The fourth-order valence-electron chi connectivity index (χ4n) is 7.09. The van der Waals surface area contributed by atoms with E-state index in [4.69, 9.17) is 4.55 Å². The molecule has 3 N–H and O–H groups in total. The van der Waals surface area contributed by atoms with Gasteiger partial charge in [-0.3, -0.25) is 9.35 Å². The number of hydrogen-bond acceptors (Lipinski definition) is 5. The van der Waals surface area contributed by atoms with E-state index in [0.717, 1.165) is 32.4 Å². The van der Waals surface area contributed by atoms with Crippen molar-refractivity contribution < 1.29 is 17.8 Å². The summed E-state index contributed by atoms with van der Waals surface area (Å²) >= 11 is 0. The average molecular weight is 497 g/mol. The summed E-state index contributed by atoms with van der Waals surface area (Å²) < 4.78 is 31.0. The van der Waals surface area contributed by atoms with Crippen molar-refractivity contribution >= 4 is 15.9 Å². The summed E-state index contributed by atoms with van der Waals surface area (Å²) in [6, 6.07) is 18.5. The van der Waals surface area contributed by atoms with Gasteiger partial charge in [-0.15, -0.1) is 0 Å². The SMILES string of the molecule is CC1(C)[C@H]2CC[C@]1(CS(=O)(=O)O)C(=O)C2.c1ccc2c(c1)CCN[C@H]2[C@@H]1NCCc2ccccc21. The molecule has 6 rings (SSSR count). The third-order valence-corrected chi connectivity index (χ3v) is 10.1. The Kier molecular flexibility index (Phi) is 6.41. The number of ketones is 1. The van der Waals surface area contributed by atoms with Crippen LogP contribution >= 0.6 is 0 Å². The summed E-state index contributed by atoms with van der Waals surface area (Å²) in [6.45, 7) is 6.03. The fraction of sp³-hybridized carbons (Fsp3) is 0.536. The Balaban J connectivity index is 0.000000152. The van der Waals surface area contributed by atoms with Crippen LogP contribution in [0.1, 0.15) is 67.4 Å². The van der Waals surface area contributed by atoms with Crippen LogP contribution in [0.5, 0.6) is 0 Å². The van der Waals surface area contributed by atoms with Gasteiger partial charge in [-0.25, -0.2) is 0 Å². The maximum absolute atomic E-state index is 11.9. The lowest BCUT2D eigenvalue weighted by atomic mass is 9.70. The van der Waals surface area contributed by atoms with Crippen molar-refractivity contribution in [2.45, 2.75) is 58.0 Å². The van der Waals surface area contributed by atoms with E-state index >= 15 is 0 Å². The fourth-order valence-corrected chi connectivity index (χ4v) is 8.39. The third kappa shape index (κ3) is 4.37. The van der Waals surface area contributed by atoms with E-state index in [1.807, 2.05) is 13.8 Å². The summed E-state index contributed by atoms with van der Waals surface area (Å²) in [7, 11) is -4.08. The lowest BCUT2D eigenvalue weighted by molar-refractivity contribution is -0.128. The third-order valence-electron chi connectivity index (χ3n) is 9.20. The van der Waals surface area contributed by atoms with E-state index < -0.39 is 21.3 Å². The van der Waals surface area contributed by atoms with E-state index in [1.165, 1.54) is 22.3 Å². The number of carbonyl (C=O) groups is 1. The van der Waals surface area contributed by atoms with E-state index in [2.05, 4.69) is 59.2 Å². The highest BCUT2D eigenvalue weighted by Crippen LogP contribution is 2.64. The summed E-state index contributed by atoms with van der Waals surface area (Å²) in [5.74, 6) is -0.101. The second-order valence-electron chi connectivity index (χ2n) is 11.2. The molecule has 0 saturated heterocycles. The van der Waals surface area contributed by atoms with Gasteiger partial charge in [0.2, 0.25) is 0 Å². The largest absolute Gasteiger partial charge is 0.308 e. The molecule has 4 aliphatic rings. The molecule has 6 nitrogen and oxygen atoms in total. The van der Waals surface area contributed by atoms with E-state index in [0.29, 0.717) is 24.9 Å². The number of nitrogens with one attached hydrogen (secondary N) is 2. The molecule has 0 amide bonds. The van der Waals surface area contributed by atoms with Gasteiger partial charge in [-0.05, 0) is 72.4 Å². The summed E-state index contributed by atoms with van der Waals surface area (Å²) in [5, 5.41) is 7.45. The molecular formula is C28H36N2O4S. The minimum atomic E-state index is -4.08. The Morgan fingerprint density at radius 3 is 1.86 bits per heavy atom. The molecular weight excluding hydrogens is 460 g/mol. The van der Waals surface area contributed by atoms with Crippen LogP contribution in [0.4, 0.5) is 0 Å². The first kappa shape index (κ1) is 24.6. The van der Waals surface area contributed by atoms with Gasteiger partial charge in [0, 0.05) is 6.42 Å². The number of fused-ring (bicyclic) bond motifs is 4. The molecule has 4 atom stereocenters. The van der Waals surface area contributed by atoms with Gasteiger partial charge in [0.1, 0.15) is 5.78 Å². The van der Waals surface area contributed by atoms with Crippen molar-refractivity contribution in [3.63, 3.8) is 0 Å². The lowest BCUT2D eigenvalue weighted by Gasteiger charge is -2.37. The number of Topliss-reactive ketones (excluding diaryl/α,β-unsaturated/α-hetero) is 1. The van der Waals surface area contributed by atoms with Gasteiger partial charge in [0.15, 0.2) is 0 Å². The van der Waals surface area contributed by atoms with Gasteiger partial charge in [0.25, 0.3) is 10.1 Å². The average Bonchev–Trinajstić information content (AvgIpc) is 3.17. The predicted molar refractivity (Wildman–Crippen MR) is 137 cm³/mol. The van der Waals surface area contributed by atoms with Crippen LogP contribution in [0, 0.1) is 16.7 Å². The van der Waals surface area contributed by atoms with Crippen LogP contribution in [0.25, 0.3) is 0 Å². The smallest absolute Gasteiger partial charge is 0.265 e. The van der Waals surface area contributed by atoms with Gasteiger partial charge >= 0.3 is 0 Å². The molecule has 2 aromatic rings. The highest BCUT2D eigenvalue weighted by atomic mass is 32.2. The van der Waals surface area contributed by atoms with E-state index in [-0.39, 0.29) is 17.1 Å². The zero-order chi connectivity index (χ0) is 24.8. The van der Waals surface area contributed by atoms with Crippen LogP contribution in [0.3, 0.4) is 0 Å². The Morgan fingerprint density at radius 1 is 0.914 bits per heavy atom. The maximum Gasteiger partial charge on any atom is 0.265 e. The van der Waals surface area contributed by atoms with Gasteiger partial charge in [-0.2, -0.15) is 8.42 Å². The normalized spacial score (nSPS) is 30.7. The minimum absolute atomic E-state index is 0.0152. The zero-order valence-electron chi connectivity index (χ0n) is 20.6. The summed E-state index contributed by atoms with van der Waals surface area (Å²) in [4.78, 5) is 11.9. The summed E-state index contributed by atoms with van der Waals surface area (Å²) in [6.07, 6.45) is 4.25. The van der Waals surface area contributed by atoms with E-state index in [9.17, 15) is 13.2 Å². The molecule has 2 aliphatic carbocycles. The second kappa shape index (κ2) is 9.11. The first-order valence-corrected chi connectivity index (χ1v) is 14.3. The zero-order valence-corrected chi connectivity index (χ0v) is 21.4. The van der Waals surface area contributed by atoms with Gasteiger partial charge in [-0.1, -0.05) is 62.4 Å². The van der Waals surface area contributed by atoms with Crippen molar-refractivity contribution in [3.05, 3.63) is 70.8 Å². The van der Waals surface area contributed by atoms with Crippen molar-refractivity contribution in [2.24, 2.45) is 16.7 Å². The molecule has 0 spiro atoms. The molecule has 2 saturated carbocycles. The molecule has 2 fully saturated rings. The standard InChI is InChI=1S/C18H20N2.C10H16O4S/c1-3-7-15-13(5-1)9-11-19-17(15)18-16-8-4-2-6-14(16)10-12-20-18;1-9(2)7-3-4-10(9,8(11)5-7)6-15(12,13)14/h1-8,17-20H,9-12H2;7H,3-6H2,1-2H3,(H,12,13,14)/t17-,18-;7-,10-/m10/s1. The Morgan fingerprint density at radius 2 is 1.43 bits per heavy atom. The summed E-state index contributed by atoms with van der Waals surface area (Å²) in [5.41, 5.74) is 4.81. The van der Waals surface area contributed by atoms with Gasteiger partial charge < -0.3 is 10.6 Å². The van der Waals surface area contributed by atoms with Crippen molar-refractivity contribution in [3.8, 4) is 0 Å². The minimum Gasteiger partial charge on any atom is -0.308 e. The molecule has 35 heavy (non-hydrogen) atoms. The van der Waals surface area contributed by atoms with Crippen molar-refractivity contribution in [2.75, 3.05) is 18.8 Å². The Hall–Kier alpha value is -2.06. The number of rotatable bonds is 3. The van der Waals surface area contributed by atoms with Crippen LogP contribution in [-0.4, -0.2) is 37.6 Å². The van der Waals surface area contributed by atoms with E-state index in [1.54, 1.807) is 0 Å². The highest BCUT2D eigenvalue weighted by molar-refractivity contribution is 7.85. The molecule has 0 radical (unpaired) electrons. The topological polar surface area (TPSA) is 95.5 Å². The Labute approximate surface area is 208 Å². The second-order valence-corrected chi connectivity index (χ2v) is 12.6. The quantitative estimate of drug-likeness (QED) is 0.556. The monoisotopic (exact) mass is 496 g/mol. The van der Waals surface area contributed by atoms with Crippen molar-refractivity contribution in [1.29, 1.82) is 0 Å². The first-order chi connectivity index (χ1) is 16.6. The lowest BCUT2D eigenvalue weighted by Crippen LogP contribution is -2.42. The van der Waals surface area contributed by atoms with Crippen LogP contribution in [0.2, 0.25) is 0 Å². The molecule has 2 aromatic carbocycles. The van der Waals surface area contributed by atoms with Crippen LogP contribution < -0.4 is 10.6 Å². The predicted octanol–water partition coefficient (Wildman–Crippen LogP) is 4.03. The van der Waals surface area contributed by atoms with Crippen LogP contribution in [-0.2, 0) is 27.8 Å². The molecule has 188 valence electrons. The van der Waals surface area contributed by atoms with Gasteiger partial charge in [0.05, 0.1) is 23.3 Å². The Bertz CT molecular complexity index is 1170. The molecule has 2 bridgehead atoms. The molecule has 7 heteroatoms.